The van der Waals surface area contributed by atoms with E-state index in [9.17, 15) is 5.11 Å². The Hall–Kier alpha value is -1.02. The molecule has 0 bridgehead atoms. The van der Waals surface area contributed by atoms with Gasteiger partial charge in [-0.25, -0.2) is 0 Å². The van der Waals surface area contributed by atoms with E-state index in [-0.39, 0.29) is 6.10 Å². The Labute approximate surface area is 111 Å². The summed E-state index contributed by atoms with van der Waals surface area (Å²) in [6.07, 6.45) is 5.52. The summed E-state index contributed by atoms with van der Waals surface area (Å²) in [5, 5.41) is 9.29. The zero-order valence-electron chi connectivity index (χ0n) is 11.6. The van der Waals surface area contributed by atoms with E-state index in [2.05, 4.69) is 36.1 Å². The Morgan fingerprint density at radius 2 is 2.11 bits per heavy atom. The number of hydrogen-bond donors (Lipinski definition) is 1. The molecule has 0 aliphatic carbocycles. The smallest absolute Gasteiger partial charge is 0.0512 e. The molecule has 1 aromatic carbocycles. The van der Waals surface area contributed by atoms with Crippen LogP contribution in [0.15, 0.2) is 24.3 Å². The lowest BCUT2D eigenvalue weighted by atomic mass is 9.96. The van der Waals surface area contributed by atoms with Gasteiger partial charge in [0.05, 0.1) is 6.10 Å². The Morgan fingerprint density at radius 1 is 1.33 bits per heavy atom. The highest BCUT2D eigenvalue weighted by Gasteiger charge is 2.21. The van der Waals surface area contributed by atoms with E-state index < -0.39 is 0 Å². The van der Waals surface area contributed by atoms with Gasteiger partial charge in [-0.1, -0.05) is 18.2 Å². The minimum atomic E-state index is -0.156. The fourth-order valence-corrected chi connectivity index (χ4v) is 2.82. The number of anilines is 1. The van der Waals surface area contributed by atoms with Gasteiger partial charge in [0.25, 0.3) is 0 Å². The van der Waals surface area contributed by atoms with Crippen molar-refractivity contribution < 1.29 is 5.11 Å². The second-order valence-electron chi connectivity index (χ2n) is 5.55. The van der Waals surface area contributed by atoms with Crippen molar-refractivity contribution in [3.8, 4) is 0 Å². The molecular weight excluding hydrogens is 222 g/mol. The van der Waals surface area contributed by atoms with Crippen LogP contribution in [0.3, 0.4) is 0 Å². The molecule has 1 heterocycles. The number of rotatable bonds is 5. The zero-order chi connectivity index (χ0) is 13.0. The molecule has 1 aromatic rings. The molecule has 0 saturated carbocycles. The summed E-state index contributed by atoms with van der Waals surface area (Å²) in [4.78, 5) is 2.54. The van der Waals surface area contributed by atoms with Crippen molar-refractivity contribution in [2.75, 3.05) is 11.4 Å². The van der Waals surface area contributed by atoms with Gasteiger partial charge in [-0.2, -0.15) is 0 Å². The second kappa shape index (κ2) is 6.24. The summed E-state index contributed by atoms with van der Waals surface area (Å²) in [7, 11) is 0. The number of aryl methyl sites for hydroxylation is 1. The number of aliphatic hydroxyl groups excluding tert-OH is 1. The molecule has 2 heteroatoms. The maximum Gasteiger partial charge on any atom is 0.0512 e. The van der Waals surface area contributed by atoms with Gasteiger partial charge < -0.3 is 10.0 Å². The Morgan fingerprint density at radius 3 is 2.89 bits per heavy atom. The Kier molecular flexibility index (Phi) is 4.65. The van der Waals surface area contributed by atoms with E-state index in [4.69, 9.17) is 0 Å². The first kappa shape index (κ1) is 13.4. The summed E-state index contributed by atoms with van der Waals surface area (Å²) >= 11 is 0. The fraction of sp³-hybridized carbons (Fsp3) is 0.625. The Balaban J connectivity index is 1.94. The summed E-state index contributed by atoms with van der Waals surface area (Å²) in [6, 6.07) is 9.43. The molecule has 2 unspecified atom stereocenters. The molecule has 1 aliphatic rings. The normalized spacial score (nSPS) is 20.6. The van der Waals surface area contributed by atoms with Crippen LogP contribution >= 0.6 is 0 Å². The summed E-state index contributed by atoms with van der Waals surface area (Å²) in [5.41, 5.74) is 2.92. The summed E-state index contributed by atoms with van der Waals surface area (Å²) in [6.45, 7) is 5.31. The minimum Gasteiger partial charge on any atom is -0.393 e. The van der Waals surface area contributed by atoms with Crippen LogP contribution in [0.25, 0.3) is 0 Å². The first-order chi connectivity index (χ1) is 8.68. The van der Waals surface area contributed by atoms with Gasteiger partial charge >= 0.3 is 0 Å². The molecule has 0 fully saturated rings. The van der Waals surface area contributed by atoms with Crippen molar-refractivity contribution in [1.82, 2.24) is 0 Å². The number of nitrogens with zero attached hydrogens (tertiary/aromatic N) is 1. The number of hydrogen-bond acceptors (Lipinski definition) is 2. The van der Waals surface area contributed by atoms with Crippen LogP contribution in [-0.2, 0) is 6.42 Å². The first-order valence-electron chi connectivity index (χ1n) is 7.21. The summed E-state index contributed by atoms with van der Waals surface area (Å²) in [5.74, 6) is 0. The molecular formula is C16H25NO. The molecule has 0 saturated heterocycles. The molecule has 0 spiro atoms. The van der Waals surface area contributed by atoms with Gasteiger partial charge in [0.1, 0.15) is 0 Å². The van der Waals surface area contributed by atoms with Gasteiger partial charge in [-0.15, -0.1) is 0 Å². The molecule has 1 N–H and O–H groups in total. The topological polar surface area (TPSA) is 23.5 Å². The van der Waals surface area contributed by atoms with E-state index >= 15 is 0 Å². The third-order valence-corrected chi connectivity index (χ3v) is 3.94. The minimum absolute atomic E-state index is 0.156. The average molecular weight is 247 g/mol. The molecule has 100 valence electrons. The van der Waals surface area contributed by atoms with E-state index in [0.717, 1.165) is 19.4 Å². The predicted molar refractivity (Wildman–Crippen MR) is 77.1 cm³/mol. The molecule has 2 nitrogen and oxygen atoms in total. The van der Waals surface area contributed by atoms with E-state index in [1.807, 2.05) is 6.92 Å². The lowest BCUT2D eigenvalue weighted by Gasteiger charge is -2.37. The van der Waals surface area contributed by atoms with Crippen LogP contribution in [0.2, 0.25) is 0 Å². The summed E-state index contributed by atoms with van der Waals surface area (Å²) < 4.78 is 0. The van der Waals surface area contributed by atoms with Crippen molar-refractivity contribution in [3.05, 3.63) is 29.8 Å². The van der Waals surface area contributed by atoms with Crippen molar-refractivity contribution in [1.29, 1.82) is 0 Å². The maximum atomic E-state index is 9.29. The number of para-hydroxylation sites is 1. The van der Waals surface area contributed by atoms with Crippen LogP contribution in [-0.4, -0.2) is 23.8 Å². The van der Waals surface area contributed by atoms with E-state index in [0.29, 0.717) is 6.04 Å². The quantitative estimate of drug-likeness (QED) is 0.806. The van der Waals surface area contributed by atoms with Crippen LogP contribution in [0.4, 0.5) is 5.69 Å². The maximum absolute atomic E-state index is 9.29. The first-order valence-corrected chi connectivity index (χ1v) is 7.21. The highest BCUT2D eigenvalue weighted by molar-refractivity contribution is 5.56. The SMILES string of the molecule is CC(O)CCCCN1c2ccccc2CCC1C. The van der Waals surface area contributed by atoms with Gasteiger partial charge in [0.15, 0.2) is 0 Å². The molecule has 1 aliphatic heterocycles. The number of benzene rings is 1. The number of unbranched alkanes of at least 4 members (excludes halogenated alkanes) is 1. The van der Waals surface area contributed by atoms with E-state index in [1.54, 1.807) is 0 Å². The average Bonchev–Trinajstić information content (AvgIpc) is 2.36. The third-order valence-electron chi connectivity index (χ3n) is 3.94. The van der Waals surface area contributed by atoms with Crippen molar-refractivity contribution in [3.63, 3.8) is 0 Å². The number of fused-ring (bicyclic) bond motifs is 1. The van der Waals surface area contributed by atoms with Crippen molar-refractivity contribution in [2.24, 2.45) is 0 Å². The second-order valence-corrected chi connectivity index (χ2v) is 5.55. The molecule has 0 radical (unpaired) electrons. The van der Waals surface area contributed by atoms with E-state index in [1.165, 1.54) is 30.5 Å². The lowest BCUT2D eigenvalue weighted by Crippen LogP contribution is -2.38. The predicted octanol–water partition coefficient (Wildman–Crippen LogP) is 3.38. The highest BCUT2D eigenvalue weighted by atomic mass is 16.3. The molecule has 0 amide bonds. The third kappa shape index (κ3) is 3.26. The number of aliphatic hydroxyl groups is 1. The van der Waals surface area contributed by atoms with Crippen LogP contribution in [0.1, 0.15) is 45.1 Å². The zero-order valence-corrected chi connectivity index (χ0v) is 11.6. The highest BCUT2D eigenvalue weighted by Crippen LogP contribution is 2.30. The standard InChI is InChI=1S/C16H25NO/c1-13-10-11-15-8-3-4-9-16(15)17(13)12-6-5-7-14(2)18/h3-4,8-9,13-14,18H,5-7,10-12H2,1-2H3. The van der Waals surface area contributed by atoms with Gasteiger partial charge in [-0.3, -0.25) is 0 Å². The molecule has 18 heavy (non-hydrogen) atoms. The molecule has 0 aromatic heterocycles. The van der Waals surface area contributed by atoms with Crippen molar-refractivity contribution >= 4 is 5.69 Å². The van der Waals surface area contributed by atoms with Gasteiger partial charge in [-0.05, 0) is 57.6 Å². The van der Waals surface area contributed by atoms with Crippen LogP contribution < -0.4 is 4.90 Å². The molecule has 2 rings (SSSR count). The van der Waals surface area contributed by atoms with Crippen molar-refractivity contribution in [2.45, 2.75) is 58.1 Å². The van der Waals surface area contributed by atoms with Gasteiger partial charge in [0, 0.05) is 18.3 Å². The largest absolute Gasteiger partial charge is 0.393 e. The Bertz CT molecular complexity index is 375. The monoisotopic (exact) mass is 247 g/mol. The fourth-order valence-electron chi connectivity index (χ4n) is 2.82. The van der Waals surface area contributed by atoms with Crippen LogP contribution in [0, 0.1) is 0 Å². The van der Waals surface area contributed by atoms with Crippen LogP contribution in [0.5, 0.6) is 0 Å². The van der Waals surface area contributed by atoms with Gasteiger partial charge in [0.2, 0.25) is 0 Å². The molecule has 2 atom stereocenters. The lowest BCUT2D eigenvalue weighted by molar-refractivity contribution is 0.181.